The molecule has 5 heteroatoms. The van der Waals surface area contributed by atoms with Crippen molar-refractivity contribution in [3.63, 3.8) is 0 Å². The highest BCUT2D eigenvalue weighted by atomic mass is 35.5. The lowest BCUT2D eigenvalue weighted by atomic mass is 10.0. The minimum atomic E-state index is 0.0693. The number of phenolic OH excluding ortho intramolecular Hbond substituents is 1. The number of hydrogen-bond acceptors (Lipinski definition) is 2. The highest BCUT2D eigenvalue weighted by Crippen LogP contribution is 2.33. The number of halogens is 2. The van der Waals surface area contributed by atoms with Crippen LogP contribution in [0.25, 0.3) is 0 Å². The fourth-order valence-corrected chi connectivity index (χ4v) is 3.15. The summed E-state index contributed by atoms with van der Waals surface area (Å²) in [5.41, 5.74) is 4.59. The van der Waals surface area contributed by atoms with Gasteiger partial charge in [0.25, 0.3) is 0 Å². The zero-order valence-corrected chi connectivity index (χ0v) is 12.1. The van der Waals surface area contributed by atoms with Crippen molar-refractivity contribution in [3.05, 3.63) is 44.7 Å². The fourth-order valence-electron chi connectivity index (χ4n) is 2.70. The van der Waals surface area contributed by atoms with Gasteiger partial charge in [-0.2, -0.15) is 5.10 Å². The molecule has 0 amide bonds. The minimum Gasteiger partial charge on any atom is -0.506 e. The Labute approximate surface area is 121 Å². The Balaban J connectivity index is 2.00. The van der Waals surface area contributed by atoms with E-state index in [0.29, 0.717) is 11.4 Å². The number of aromatic nitrogens is 2. The van der Waals surface area contributed by atoms with Crippen LogP contribution in [-0.4, -0.2) is 14.9 Å². The Bertz CT molecular complexity index is 649. The van der Waals surface area contributed by atoms with E-state index < -0.39 is 0 Å². The first kappa shape index (κ1) is 12.8. The van der Waals surface area contributed by atoms with Gasteiger partial charge in [0.1, 0.15) is 5.75 Å². The molecule has 0 aliphatic heterocycles. The quantitative estimate of drug-likeness (QED) is 0.921. The van der Waals surface area contributed by atoms with Crippen LogP contribution in [0.2, 0.25) is 10.0 Å². The second-order valence-corrected chi connectivity index (χ2v) is 5.74. The third-order valence-corrected chi connectivity index (χ3v) is 4.33. The van der Waals surface area contributed by atoms with E-state index >= 15 is 0 Å². The van der Waals surface area contributed by atoms with Crippen molar-refractivity contribution < 1.29 is 5.11 Å². The van der Waals surface area contributed by atoms with Crippen molar-refractivity contribution in [2.45, 2.75) is 25.7 Å². The molecule has 1 heterocycles. The van der Waals surface area contributed by atoms with E-state index in [0.717, 1.165) is 18.4 Å². The van der Waals surface area contributed by atoms with Crippen molar-refractivity contribution >= 4 is 23.2 Å². The molecule has 1 N–H and O–H groups in total. The molecule has 0 spiro atoms. The van der Waals surface area contributed by atoms with Gasteiger partial charge >= 0.3 is 0 Å². The second-order valence-electron chi connectivity index (χ2n) is 4.92. The second kappa shape index (κ2) is 4.73. The molecule has 1 aliphatic rings. The largest absolute Gasteiger partial charge is 0.506 e. The third-order valence-electron chi connectivity index (χ3n) is 3.67. The average molecular weight is 297 g/mol. The highest BCUT2D eigenvalue weighted by molar-refractivity contribution is 6.36. The van der Waals surface area contributed by atoms with E-state index in [9.17, 15) is 5.11 Å². The maximum absolute atomic E-state index is 9.70. The monoisotopic (exact) mass is 296 g/mol. The van der Waals surface area contributed by atoms with E-state index in [1.165, 1.54) is 23.4 Å². The number of phenols is 1. The third kappa shape index (κ3) is 2.21. The predicted octanol–water partition coefficient (Wildman–Crippen LogP) is 3.51. The zero-order chi connectivity index (χ0) is 13.6. The first-order valence-electron chi connectivity index (χ1n) is 6.26. The van der Waals surface area contributed by atoms with Crippen LogP contribution < -0.4 is 0 Å². The summed E-state index contributed by atoms with van der Waals surface area (Å²) in [5, 5.41) is 15.1. The Kier molecular flexibility index (Phi) is 3.19. The van der Waals surface area contributed by atoms with Gasteiger partial charge in [-0.3, -0.25) is 4.68 Å². The smallest absolute Gasteiger partial charge is 0.134 e. The van der Waals surface area contributed by atoms with Gasteiger partial charge in [0.05, 0.1) is 10.7 Å². The van der Waals surface area contributed by atoms with Crippen LogP contribution in [0.4, 0.5) is 0 Å². The molecule has 0 atom stereocenters. The van der Waals surface area contributed by atoms with Gasteiger partial charge in [0.2, 0.25) is 0 Å². The van der Waals surface area contributed by atoms with Crippen LogP contribution in [0.1, 0.15) is 28.9 Å². The number of aromatic hydroxyl groups is 1. The van der Waals surface area contributed by atoms with Crippen molar-refractivity contribution in [2.24, 2.45) is 7.05 Å². The summed E-state index contributed by atoms with van der Waals surface area (Å²) < 4.78 is 1.92. The van der Waals surface area contributed by atoms with E-state index in [2.05, 4.69) is 5.10 Å². The Hall–Kier alpha value is -1.19. The van der Waals surface area contributed by atoms with Gasteiger partial charge in [-0.25, -0.2) is 0 Å². The SMILES string of the molecule is Cn1nc2c(c1Cc1cc(O)c(Cl)cc1Cl)CCC2. The maximum atomic E-state index is 9.70. The van der Waals surface area contributed by atoms with Crippen molar-refractivity contribution in [2.75, 3.05) is 0 Å². The van der Waals surface area contributed by atoms with Gasteiger partial charge in [0.15, 0.2) is 0 Å². The molecule has 100 valence electrons. The molecule has 0 saturated heterocycles. The molecule has 1 aromatic carbocycles. The van der Waals surface area contributed by atoms with Crippen molar-refractivity contribution in [1.29, 1.82) is 0 Å². The fraction of sp³-hybridized carbons (Fsp3) is 0.357. The lowest BCUT2D eigenvalue weighted by molar-refractivity contribution is 0.475. The standard InChI is InChI=1S/C14H14Cl2N2O/c1-18-13(9-3-2-4-12(9)17-18)5-8-6-14(19)11(16)7-10(8)15/h6-7,19H,2-5H2,1H3. The summed E-state index contributed by atoms with van der Waals surface area (Å²) >= 11 is 12.0. The van der Waals surface area contributed by atoms with Crippen molar-refractivity contribution in [1.82, 2.24) is 9.78 Å². The Morgan fingerprint density at radius 3 is 2.84 bits per heavy atom. The Morgan fingerprint density at radius 2 is 2.05 bits per heavy atom. The molecule has 3 rings (SSSR count). The van der Waals surface area contributed by atoms with Crippen LogP contribution >= 0.6 is 23.2 Å². The molecule has 0 radical (unpaired) electrons. The summed E-state index contributed by atoms with van der Waals surface area (Å²) in [6.45, 7) is 0. The molecule has 3 nitrogen and oxygen atoms in total. The van der Waals surface area contributed by atoms with E-state index in [4.69, 9.17) is 23.2 Å². The number of benzene rings is 1. The van der Waals surface area contributed by atoms with Crippen molar-refractivity contribution in [3.8, 4) is 5.75 Å². The van der Waals surface area contributed by atoms with Crippen LogP contribution in [0.15, 0.2) is 12.1 Å². The topological polar surface area (TPSA) is 38.0 Å². The van der Waals surface area contributed by atoms with Crippen LogP contribution in [-0.2, 0) is 26.3 Å². The normalized spacial score (nSPS) is 13.8. The summed E-state index contributed by atoms with van der Waals surface area (Å²) in [6, 6.07) is 3.23. The summed E-state index contributed by atoms with van der Waals surface area (Å²) in [4.78, 5) is 0. The molecular formula is C14H14Cl2N2O. The zero-order valence-electron chi connectivity index (χ0n) is 10.6. The van der Waals surface area contributed by atoms with Gasteiger partial charge in [-0.15, -0.1) is 0 Å². The van der Waals surface area contributed by atoms with E-state index in [1.807, 2.05) is 11.7 Å². The molecule has 0 fully saturated rings. The lowest BCUT2D eigenvalue weighted by Crippen LogP contribution is -2.02. The van der Waals surface area contributed by atoms with Crippen LogP contribution in [0.3, 0.4) is 0 Å². The molecule has 0 bridgehead atoms. The average Bonchev–Trinajstić information content (AvgIpc) is 2.89. The minimum absolute atomic E-state index is 0.0693. The molecule has 1 aromatic heterocycles. The van der Waals surface area contributed by atoms with Gasteiger partial charge < -0.3 is 5.11 Å². The number of fused-ring (bicyclic) bond motifs is 1. The summed E-state index contributed by atoms with van der Waals surface area (Å²) in [6.07, 6.45) is 3.98. The molecule has 1 aliphatic carbocycles. The summed E-state index contributed by atoms with van der Waals surface area (Å²) in [5.74, 6) is 0.0693. The molecule has 0 saturated carbocycles. The molecular weight excluding hydrogens is 283 g/mol. The Morgan fingerprint density at radius 1 is 1.26 bits per heavy atom. The van der Waals surface area contributed by atoms with Gasteiger partial charge in [-0.05, 0) is 42.5 Å². The summed E-state index contributed by atoms with van der Waals surface area (Å²) in [7, 11) is 1.96. The van der Waals surface area contributed by atoms with Gasteiger partial charge in [-0.1, -0.05) is 23.2 Å². The van der Waals surface area contributed by atoms with Gasteiger partial charge in [0, 0.05) is 24.2 Å². The number of nitrogens with zero attached hydrogens (tertiary/aromatic N) is 2. The van der Waals surface area contributed by atoms with E-state index in [1.54, 1.807) is 12.1 Å². The van der Waals surface area contributed by atoms with Crippen LogP contribution in [0.5, 0.6) is 5.75 Å². The first-order chi connectivity index (χ1) is 9.06. The lowest BCUT2D eigenvalue weighted by Gasteiger charge is -2.09. The number of aryl methyl sites for hydroxylation is 2. The first-order valence-corrected chi connectivity index (χ1v) is 7.02. The molecule has 19 heavy (non-hydrogen) atoms. The molecule has 0 unspecified atom stereocenters. The number of rotatable bonds is 2. The number of hydrogen-bond donors (Lipinski definition) is 1. The molecule has 2 aromatic rings. The predicted molar refractivity (Wildman–Crippen MR) is 76.2 cm³/mol. The van der Waals surface area contributed by atoms with E-state index in [-0.39, 0.29) is 10.8 Å². The van der Waals surface area contributed by atoms with Crippen LogP contribution in [0, 0.1) is 0 Å². The highest BCUT2D eigenvalue weighted by Gasteiger charge is 2.21. The maximum Gasteiger partial charge on any atom is 0.134 e.